The van der Waals surface area contributed by atoms with Gasteiger partial charge in [-0.3, -0.25) is 9.00 Å². The molecule has 0 spiro atoms. The van der Waals surface area contributed by atoms with E-state index >= 15 is 0 Å². The van der Waals surface area contributed by atoms with Crippen molar-refractivity contribution in [3.05, 3.63) is 0 Å². The van der Waals surface area contributed by atoms with E-state index < -0.39 is 10.8 Å². The van der Waals surface area contributed by atoms with Crippen molar-refractivity contribution >= 4 is 16.7 Å². The third kappa shape index (κ3) is 7.50. The van der Waals surface area contributed by atoms with Gasteiger partial charge >= 0.3 is 0 Å². The van der Waals surface area contributed by atoms with Gasteiger partial charge in [0.05, 0.1) is 0 Å². The Morgan fingerprint density at radius 1 is 1.40 bits per heavy atom. The molecule has 90 valence electrons. The summed E-state index contributed by atoms with van der Waals surface area (Å²) in [6.07, 6.45) is 1.96. The SMILES string of the molecule is CC(CS(C)=O)NC(=O)CC(N)C(C)C. The standard InChI is InChI=1S/C10H22N2O2S/c1-7(2)9(11)5-10(13)12-8(3)6-15(4)14/h7-9H,5-6,11H2,1-4H3,(H,12,13). The second-order valence-electron chi connectivity index (χ2n) is 4.32. The molecular formula is C10H22N2O2S. The summed E-state index contributed by atoms with van der Waals surface area (Å²) in [5.74, 6) is 0.725. The molecule has 4 nitrogen and oxygen atoms in total. The molecule has 0 saturated carbocycles. The summed E-state index contributed by atoms with van der Waals surface area (Å²) >= 11 is 0. The first-order chi connectivity index (χ1) is 6.82. The van der Waals surface area contributed by atoms with Gasteiger partial charge in [-0.2, -0.15) is 0 Å². The molecule has 0 bridgehead atoms. The van der Waals surface area contributed by atoms with E-state index in [2.05, 4.69) is 5.32 Å². The number of carbonyl (C=O) groups excluding carboxylic acids is 1. The first-order valence-electron chi connectivity index (χ1n) is 5.18. The van der Waals surface area contributed by atoms with Gasteiger partial charge in [-0.1, -0.05) is 13.8 Å². The van der Waals surface area contributed by atoms with Crippen LogP contribution in [0.3, 0.4) is 0 Å². The topological polar surface area (TPSA) is 72.2 Å². The fraction of sp³-hybridized carbons (Fsp3) is 0.900. The van der Waals surface area contributed by atoms with Gasteiger partial charge in [0.25, 0.3) is 0 Å². The monoisotopic (exact) mass is 234 g/mol. The zero-order valence-electron chi connectivity index (χ0n) is 9.95. The van der Waals surface area contributed by atoms with Gasteiger partial charge in [-0.25, -0.2) is 0 Å². The van der Waals surface area contributed by atoms with Crippen molar-refractivity contribution in [1.82, 2.24) is 5.32 Å². The number of nitrogens with one attached hydrogen (secondary N) is 1. The zero-order valence-corrected chi connectivity index (χ0v) is 10.8. The lowest BCUT2D eigenvalue weighted by Gasteiger charge is -2.17. The molecule has 0 aromatic heterocycles. The summed E-state index contributed by atoms with van der Waals surface area (Å²) < 4.78 is 10.9. The van der Waals surface area contributed by atoms with Gasteiger partial charge in [0.15, 0.2) is 0 Å². The van der Waals surface area contributed by atoms with Crippen LogP contribution in [-0.4, -0.2) is 34.2 Å². The van der Waals surface area contributed by atoms with Crippen molar-refractivity contribution in [2.45, 2.75) is 39.3 Å². The quantitative estimate of drug-likeness (QED) is 0.691. The summed E-state index contributed by atoms with van der Waals surface area (Å²) in [5, 5.41) is 2.78. The van der Waals surface area contributed by atoms with E-state index in [1.54, 1.807) is 6.26 Å². The Morgan fingerprint density at radius 2 is 1.93 bits per heavy atom. The molecule has 0 rings (SSSR count). The van der Waals surface area contributed by atoms with Crippen molar-refractivity contribution in [3.63, 3.8) is 0 Å². The molecule has 0 radical (unpaired) electrons. The average Bonchev–Trinajstić information content (AvgIpc) is 2.00. The van der Waals surface area contributed by atoms with Gasteiger partial charge in [0.1, 0.15) is 0 Å². The van der Waals surface area contributed by atoms with Crippen LogP contribution in [0.4, 0.5) is 0 Å². The van der Waals surface area contributed by atoms with Crippen molar-refractivity contribution in [3.8, 4) is 0 Å². The molecule has 0 saturated heterocycles. The number of nitrogens with two attached hydrogens (primary N) is 1. The van der Waals surface area contributed by atoms with Crippen LogP contribution in [0, 0.1) is 5.92 Å². The van der Waals surface area contributed by atoms with Crippen molar-refractivity contribution in [2.75, 3.05) is 12.0 Å². The van der Waals surface area contributed by atoms with E-state index in [1.165, 1.54) is 0 Å². The van der Waals surface area contributed by atoms with E-state index in [0.717, 1.165) is 0 Å². The molecule has 0 heterocycles. The second kappa shape index (κ2) is 6.95. The van der Waals surface area contributed by atoms with Crippen LogP contribution < -0.4 is 11.1 Å². The van der Waals surface area contributed by atoms with E-state index in [1.807, 2.05) is 20.8 Å². The maximum Gasteiger partial charge on any atom is 0.221 e. The minimum atomic E-state index is -0.880. The Bertz CT molecular complexity index is 231. The van der Waals surface area contributed by atoms with Gasteiger partial charge in [-0.15, -0.1) is 0 Å². The predicted octanol–water partition coefficient (Wildman–Crippen LogP) is 0.243. The molecule has 0 aliphatic carbocycles. The molecule has 15 heavy (non-hydrogen) atoms. The molecule has 5 heteroatoms. The van der Waals surface area contributed by atoms with Gasteiger partial charge in [0.2, 0.25) is 5.91 Å². The van der Waals surface area contributed by atoms with Crippen LogP contribution in [0.2, 0.25) is 0 Å². The second-order valence-corrected chi connectivity index (χ2v) is 5.80. The Kier molecular flexibility index (Phi) is 6.76. The first kappa shape index (κ1) is 14.6. The number of carbonyl (C=O) groups is 1. The molecule has 0 aromatic carbocycles. The fourth-order valence-electron chi connectivity index (χ4n) is 1.18. The number of amides is 1. The van der Waals surface area contributed by atoms with Crippen molar-refractivity contribution in [1.29, 1.82) is 0 Å². The highest BCUT2D eigenvalue weighted by molar-refractivity contribution is 7.84. The van der Waals surface area contributed by atoms with Crippen LogP contribution in [-0.2, 0) is 15.6 Å². The lowest BCUT2D eigenvalue weighted by Crippen LogP contribution is -2.40. The average molecular weight is 234 g/mol. The van der Waals surface area contributed by atoms with Gasteiger partial charge < -0.3 is 11.1 Å². The number of hydrogen-bond acceptors (Lipinski definition) is 3. The highest BCUT2D eigenvalue weighted by Gasteiger charge is 2.14. The third-order valence-electron chi connectivity index (χ3n) is 2.17. The summed E-state index contributed by atoms with van der Waals surface area (Å²) in [6, 6.07) is -0.160. The van der Waals surface area contributed by atoms with Gasteiger partial charge in [0, 0.05) is 41.3 Å². The maximum absolute atomic E-state index is 11.5. The lowest BCUT2D eigenvalue weighted by atomic mass is 10.0. The predicted molar refractivity (Wildman–Crippen MR) is 64.0 cm³/mol. The van der Waals surface area contributed by atoms with Gasteiger partial charge in [-0.05, 0) is 12.8 Å². The van der Waals surface area contributed by atoms with Crippen LogP contribution in [0.1, 0.15) is 27.2 Å². The molecule has 0 aliphatic heterocycles. The molecule has 0 aliphatic rings. The smallest absolute Gasteiger partial charge is 0.221 e. The van der Waals surface area contributed by atoms with Crippen LogP contribution in [0.5, 0.6) is 0 Å². The van der Waals surface area contributed by atoms with Crippen LogP contribution in [0.15, 0.2) is 0 Å². The summed E-state index contributed by atoms with van der Waals surface area (Å²) in [5.41, 5.74) is 5.77. The molecule has 3 atom stereocenters. The Hall–Kier alpha value is -0.420. The molecule has 1 amide bonds. The van der Waals surface area contributed by atoms with Crippen LogP contribution >= 0.6 is 0 Å². The molecule has 0 aromatic rings. The highest BCUT2D eigenvalue weighted by Crippen LogP contribution is 2.02. The Labute approximate surface area is 94.4 Å². The number of hydrogen-bond donors (Lipinski definition) is 2. The van der Waals surface area contributed by atoms with E-state index in [9.17, 15) is 9.00 Å². The molecule has 0 fully saturated rings. The fourth-order valence-corrected chi connectivity index (χ4v) is 1.96. The minimum Gasteiger partial charge on any atom is -0.353 e. The summed E-state index contributed by atoms with van der Waals surface area (Å²) in [4.78, 5) is 11.5. The molecule has 3 N–H and O–H groups in total. The van der Waals surface area contributed by atoms with E-state index in [4.69, 9.17) is 5.73 Å². The normalized spacial score (nSPS) is 17.2. The summed E-state index contributed by atoms with van der Waals surface area (Å²) in [6.45, 7) is 5.82. The van der Waals surface area contributed by atoms with E-state index in [-0.39, 0.29) is 18.0 Å². The molecule has 3 unspecified atom stereocenters. The zero-order chi connectivity index (χ0) is 12.0. The number of rotatable bonds is 6. The largest absolute Gasteiger partial charge is 0.353 e. The minimum absolute atomic E-state index is 0.0531. The Morgan fingerprint density at radius 3 is 2.33 bits per heavy atom. The lowest BCUT2D eigenvalue weighted by molar-refractivity contribution is -0.122. The van der Waals surface area contributed by atoms with E-state index in [0.29, 0.717) is 18.1 Å². The third-order valence-corrected chi connectivity index (χ3v) is 3.14. The molecular weight excluding hydrogens is 212 g/mol. The first-order valence-corrected chi connectivity index (χ1v) is 6.90. The van der Waals surface area contributed by atoms with Crippen molar-refractivity contribution < 1.29 is 9.00 Å². The summed E-state index contributed by atoms with van der Waals surface area (Å²) in [7, 11) is -0.880. The maximum atomic E-state index is 11.5. The Balaban J connectivity index is 3.88. The van der Waals surface area contributed by atoms with Crippen LogP contribution in [0.25, 0.3) is 0 Å². The van der Waals surface area contributed by atoms with Crippen molar-refractivity contribution in [2.24, 2.45) is 11.7 Å². The highest BCUT2D eigenvalue weighted by atomic mass is 32.2.